The number of nitrogens with one attached hydrogen (secondary N) is 1. The molecule has 2 aromatic rings. The lowest BCUT2D eigenvalue weighted by atomic mass is 10.2. The predicted octanol–water partition coefficient (Wildman–Crippen LogP) is 3.84. The Hall–Kier alpha value is -1.57. The van der Waals surface area contributed by atoms with Crippen molar-refractivity contribution in [2.45, 2.75) is 13.0 Å². The van der Waals surface area contributed by atoms with Gasteiger partial charge in [-0.2, -0.15) is 5.26 Å². The van der Waals surface area contributed by atoms with E-state index in [2.05, 4.69) is 16.4 Å². The molecule has 0 aliphatic carbocycles. The average Bonchev–Trinajstić information content (AvgIpc) is 2.85. The highest BCUT2D eigenvalue weighted by Gasteiger charge is 2.09. The second kappa shape index (κ2) is 5.17. The minimum atomic E-state index is 0.146. The number of benzene rings is 1. The molecule has 0 aliphatic heterocycles. The third kappa shape index (κ3) is 2.76. The van der Waals surface area contributed by atoms with Crippen LogP contribution in [0.2, 0.25) is 5.02 Å². The molecule has 3 nitrogen and oxygen atoms in total. The van der Waals surface area contributed by atoms with E-state index in [4.69, 9.17) is 16.9 Å². The fourth-order valence-corrected chi connectivity index (χ4v) is 2.31. The van der Waals surface area contributed by atoms with Crippen LogP contribution in [0.5, 0.6) is 0 Å². The molecule has 0 saturated carbocycles. The molecule has 1 unspecified atom stereocenters. The molecule has 0 saturated heterocycles. The van der Waals surface area contributed by atoms with E-state index >= 15 is 0 Å². The Balaban J connectivity index is 2.17. The Morgan fingerprint density at radius 3 is 2.94 bits per heavy atom. The smallest absolute Gasteiger partial charge is 0.0992 e. The van der Waals surface area contributed by atoms with Gasteiger partial charge in [0.15, 0.2) is 0 Å². The molecule has 0 amide bonds. The number of aromatic nitrogens is 1. The maximum absolute atomic E-state index is 8.75. The quantitative estimate of drug-likeness (QED) is 0.915. The molecule has 0 bridgehead atoms. The molecule has 0 aliphatic rings. The summed E-state index contributed by atoms with van der Waals surface area (Å²) in [6.07, 6.45) is 1.83. The van der Waals surface area contributed by atoms with Gasteiger partial charge in [-0.05, 0) is 25.1 Å². The lowest BCUT2D eigenvalue weighted by Gasteiger charge is -2.14. The Kier molecular flexibility index (Phi) is 3.62. The SMILES string of the molecule is CC(Nc1ccc(C#N)cc1Cl)c1cncs1. The summed E-state index contributed by atoms with van der Waals surface area (Å²) < 4.78 is 0. The summed E-state index contributed by atoms with van der Waals surface area (Å²) in [6, 6.07) is 7.42. The summed E-state index contributed by atoms with van der Waals surface area (Å²) in [6.45, 7) is 2.04. The van der Waals surface area contributed by atoms with Crippen molar-refractivity contribution in [3.05, 3.63) is 45.4 Å². The van der Waals surface area contributed by atoms with Crippen LogP contribution in [-0.2, 0) is 0 Å². The van der Waals surface area contributed by atoms with Gasteiger partial charge in [-0.25, -0.2) is 0 Å². The van der Waals surface area contributed by atoms with Gasteiger partial charge in [0, 0.05) is 11.1 Å². The second-order valence-corrected chi connectivity index (χ2v) is 4.90. The number of nitriles is 1. The first kappa shape index (κ1) is 11.9. The third-order valence-electron chi connectivity index (χ3n) is 2.35. The molecule has 1 heterocycles. The van der Waals surface area contributed by atoms with Crippen LogP contribution >= 0.6 is 22.9 Å². The predicted molar refractivity (Wildman–Crippen MR) is 70.3 cm³/mol. The Morgan fingerprint density at radius 2 is 2.35 bits per heavy atom. The zero-order chi connectivity index (χ0) is 12.3. The zero-order valence-corrected chi connectivity index (χ0v) is 10.7. The monoisotopic (exact) mass is 263 g/mol. The number of halogens is 1. The molecule has 0 fully saturated rings. The minimum absolute atomic E-state index is 0.146. The van der Waals surface area contributed by atoms with Crippen molar-refractivity contribution in [1.82, 2.24) is 4.98 Å². The van der Waals surface area contributed by atoms with Gasteiger partial charge in [-0.15, -0.1) is 11.3 Å². The van der Waals surface area contributed by atoms with Gasteiger partial charge in [0.2, 0.25) is 0 Å². The maximum Gasteiger partial charge on any atom is 0.0992 e. The molecule has 0 radical (unpaired) electrons. The molecule has 1 N–H and O–H groups in total. The van der Waals surface area contributed by atoms with Gasteiger partial charge in [0.25, 0.3) is 0 Å². The second-order valence-electron chi connectivity index (χ2n) is 3.58. The van der Waals surface area contributed by atoms with Crippen LogP contribution in [0.1, 0.15) is 23.4 Å². The highest BCUT2D eigenvalue weighted by atomic mass is 35.5. The van der Waals surface area contributed by atoms with Crippen molar-refractivity contribution in [2.24, 2.45) is 0 Å². The summed E-state index contributed by atoms with van der Waals surface area (Å²) in [7, 11) is 0. The van der Waals surface area contributed by atoms with Crippen molar-refractivity contribution in [2.75, 3.05) is 5.32 Å². The lowest BCUT2D eigenvalue weighted by molar-refractivity contribution is 0.903. The van der Waals surface area contributed by atoms with Crippen molar-refractivity contribution < 1.29 is 0 Å². The van der Waals surface area contributed by atoms with Gasteiger partial charge in [0.1, 0.15) is 0 Å². The van der Waals surface area contributed by atoms with Gasteiger partial charge < -0.3 is 5.32 Å². The summed E-state index contributed by atoms with van der Waals surface area (Å²) in [5.74, 6) is 0. The molecular formula is C12H10ClN3S. The van der Waals surface area contributed by atoms with Crippen LogP contribution in [0.15, 0.2) is 29.9 Å². The van der Waals surface area contributed by atoms with Crippen LogP contribution in [0, 0.1) is 11.3 Å². The van der Waals surface area contributed by atoms with Gasteiger partial charge in [0.05, 0.1) is 33.9 Å². The molecule has 0 spiro atoms. The Morgan fingerprint density at radius 1 is 1.53 bits per heavy atom. The number of hydrogen-bond donors (Lipinski definition) is 1. The molecule has 2 rings (SSSR count). The van der Waals surface area contributed by atoms with E-state index in [1.807, 2.05) is 19.2 Å². The molecule has 1 aromatic carbocycles. The fourth-order valence-electron chi connectivity index (χ4n) is 1.45. The number of nitrogens with zero attached hydrogens (tertiary/aromatic N) is 2. The highest BCUT2D eigenvalue weighted by molar-refractivity contribution is 7.09. The molecule has 1 atom stereocenters. The molecule has 86 valence electrons. The first-order chi connectivity index (χ1) is 8.20. The first-order valence-electron chi connectivity index (χ1n) is 5.05. The third-order valence-corrected chi connectivity index (χ3v) is 3.62. The molecule has 1 aromatic heterocycles. The van der Waals surface area contributed by atoms with Crippen LogP contribution in [0.4, 0.5) is 5.69 Å². The Labute approximate surface area is 109 Å². The number of anilines is 1. The number of rotatable bonds is 3. The van der Waals surface area contributed by atoms with E-state index in [-0.39, 0.29) is 6.04 Å². The first-order valence-corrected chi connectivity index (χ1v) is 6.31. The summed E-state index contributed by atoms with van der Waals surface area (Å²) in [5.41, 5.74) is 3.19. The minimum Gasteiger partial charge on any atom is -0.376 e. The fraction of sp³-hybridized carbons (Fsp3) is 0.167. The van der Waals surface area contributed by atoms with E-state index in [9.17, 15) is 0 Å². The number of hydrogen-bond acceptors (Lipinski definition) is 4. The van der Waals surface area contributed by atoms with Crippen LogP contribution in [0.25, 0.3) is 0 Å². The van der Waals surface area contributed by atoms with Crippen molar-refractivity contribution in [3.63, 3.8) is 0 Å². The van der Waals surface area contributed by atoms with Gasteiger partial charge >= 0.3 is 0 Å². The molecular weight excluding hydrogens is 254 g/mol. The van der Waals surface area contributed by atoms with Crippen molar-refractivity contribution in [1.29, 1.82) is 5.26 Å². The van der Waals surface area contributed by atoms with Crippen molar-refractivity contribution >= 4 is 28.6 Å². The molecule has 17 heavy (non-hydrogen) atoms. The van der Waals surface area contributed by atoms with E-state index in [0.29, 0.717) is 10.6 Å². The summed E-state index contributed by atoms with van der Waals surface area (Å²) in [4.78, 5) is 5.18. The standard InChI is InChI=1S/C12H10ClN3S/c1-8(12-6-15-7-17-12)16-11-3-2-9(5-14)4-10(11)13/h2-4,6-8,16H,1H3. The van der Waals surface area contributed by atoms with E-state index in [0.717, 1.165) is 10.6 Å². The van der Waals surface area contributed by atoms with E-state index in [1.165, 1.54) is 0 Å². The largest absolute Gasteiger partial charge is 0.376 e. The lowest BCUT2D eigenvalue weighted by Crippen LogP contribution is -2.05. The van der Waals surface area contributed by atoms with Crippen molar-refractivity contribution in [3.8, 4) is 6.07 Å². The van der Waals surface area contributed by atoms with Gasteiger partial charge in [-0.3, -0.25) is 4.98 Å². The van der Waals surface area contributed by atoms with Gasteiger partial charge in [-0.1, -0.05) is 11.6 Å². The van der Waals surface area contributed by atoms with Crippen LogP contribution in [0.3, 0.4) is 0 Å². The highest BCUT2D eigenvalue weighted by Crippen LogP contribution is 2.28. The molecule has 5 heteroatoms. The van der Waals surface area contributed by atoms with E-state index in [1.54, 1.807) is 29.0 Å². The average molecular weight is 264 g/mol. The normalized spacial score (nSPS) is 11.8. The Bertz CT molecular complexity index is 545. The maximum atomic E-state index is 8.75. The van der Waals surface area contributed by atoms with Crippen LogP contribution in [-0.4, -0.2) is 4.98 Å². The van der Waals surface area contributed by atoms with E-state index < -0.39 is 0 Å². The summed E-state index contributed by atoms with van der Waals surface area (Å²) in [5, 5.41) is 12.6. The van der Waals surface area contributed by atoms with Crippen LogP contribution < -0.4 is 5.32 Å². The topological polar surface area (TPSA) is 48.7 Å². The zero-order valence-electron chi connectivity index (χ0n) is 9.14. The number of thiazole rings is 1. The summed E-state index contributed by atoms with van der Waals surface area (Å²) >= 11 is 7.68.